The van der Waals surface area contributed by atoms with E-state index < -0.39 is 0 Å². The lowest BCUT2D eigenvalue weighted by Gasteiger charge is -2.14. The molecule has 2 rings (SSSR count). The Balaban J connectivity index is 1.79. The molecule has 0 aliphatic heterocycles. The summed E-state index contributed by atoms with van der Waals surface area (Å²) in [6, 6.07) is 8.31. The van der Waals surface area contributed by atoms with Gasteiger partial charge in [-0.3, -0.25) is 0 Å². The van der Waals surface area contributed by atoms with Crippen LogP contribution in [0.1, 0.15) is 49.3 Å². The van der Waals surface area contributed by atoms with E-state index in [-0.39, 0.29) is 6.10 Å². The van der Waals surface area contributed by atoms with Crippen molar-refractivity contribution in [2.75, 3.05) is 0 Å². The van der Waals surface area contributed by atoms with Crippen LogP contribution in [0, 0.1) is 5.92 Å². The zero-order valence-corrected chi connectivity index (χ0v) is 10.4. The van der Waals surface area contributed by atoms with Crippen LogP contribution >= 0.6 is 0 Å². The minimum atomic E-state index is -0.231. The van der Waals surface area contributed by atoms with Gasteiger partial charge in [0.05, 0.1) is 6.10 Å². The maximum absolute atomic E-state index is 10.2. The lowest BCUT2D eigenvalue weighted by molar-refractivity contribution is 0.116. The molecule has 0 bridgehead atoms. The van der Waals surface area contributed by atoms with Crippen molar-refractivity contribution in [1.29, 1.82) is 0 Å². The second kappa shape index (κ2) is 6.02. The molecule has 0 saturated heterocycles. The van der Waals surface area contributed by atoms with Gasteiger partial charge in [-0.15, -0.1) is 6.58 Å². The SMILES string of the molecule is C=CCCCCCC1Cc2ccccc2C1O. The van der Waals surface area contributed by atoms with Crippen molar-refractivity contribution in [2.45, 2.75) is 44.6 Å². The molecule has 2 unspecified atom stereocenters. The minimum absolute atomic E-state index is 0.231. The molecule has 2 atom stereocenters. The molecular formula is C16H22O. The molecule has 1 aliphatic carbocycles. The van der Waals surface area contributed by atoms with Crippen LogP contribution in [0.3, 0.4) is 0 Å². The predicted molar refractivity (Wildman–Crippen MR) is 71.9 cm³/mol. The molecule has 0 amide bonds. The van der Waals surface area contributed by atoms with Gasteiger partial charge in [-0.05, 0) is 42.7 Å². The van der Waals surface area contributed by atoms with Crippen LogP contribution in [-0.2, 0) is 6.42 Å². The Labute approximate surface area is 104 Å². The normalized spacial score (nSPS) is 22.4. The molecule has 0 saturated carbocycles. The van der Waals surface area contributed by atoms with E-state index in [0.717, 1.165) is 24.8 Å². The fraction of sp³-hybridized carbons (Fsp3) is 0.500. The Bertz CT molecular complexity index is 370. The van der Waals surface area contributed by atoms with E-state index in [1.54, 1.807) is 0 Å². The van der Waals surface area contributed by atoms with Crippen molar-refractivity contribution < 1.29 is 5.11 Å². The largest absolute Gasteiger partial charge is 0.388 e. The van der Waals surface area contributed by atoms with E-state index in [1.165, 1.54) is 24.8 Å². The van der Waals surface area contributed by atoms with Crippen molar-refractivity contribution in [1.82, 2.24) is 0 Å². The molecule has 0 heterocycles. The highest BCUT2D eigenvalue weighted by Gasteiger charge is 2.29. The number of allylic oxidation sites excluding steroid dienone is 1. The second-order valence-corrected chi connectivity index (χ2v) is 5.03. The van der Waals surface area contributed by atoms with Crippen LogP contribution in [0.15, 0.2) is 36.9 Å². The number of benzene rings is 1. The zero-order chi connectivity index (χ0) is 12.1. The first-order valence-corrected chi connectivity index (χ1v) is 6.69. The number of rotatable bonds is 6. The molecule has 1 aromatic carbocycles. The van der Waals surface area contributed by atoms with Crippen molar-refractivity contribution in [2.24, 2.45) is 5.92 Å². The summed E-state index contributed by atoms with van der Waals surface area (Å²) in [5.74, 6) is 0.441. The fourth-order valence-corrected chi connectivity index (χ4v) is 2.79. The van der Waals surface area contributed by atoms with Gasteiger partial charge in [-0.1, -0.05) is 43.2 Å². The van der Waals surface area contributed by atoms with Crippen LogP contribution in [0.5, 0.6) is 0 Å². The third-order valence-corrected chi connectivity index (χ3v) is 3.79. The molecule has 1 aromatic rings. The summed E-state index contributed by atoms with van der Waals surface area (Å²) >= 11 is 0. The highest BCUT2D eigenvalue weighted by atomic mass is 16.3. The molecule has 92 valence electrons. The lowest BCUT2D eigenvalue weighted by atomic mass is 9.96. The average Bonchev–Trinajstić information content (AvgIpc) is 2.67. The van der Waals surface area contributed by atoms with E-state index in [1.807, 2.05) is 12.1 Å². The summed E-state index contributed by atoms with van der Waals surface area (Å²) < 4.78 is 0. The van der Waals surface area contributed by atoms with E-state index in [2.05, 4.69) is 24.8 Å². The van der Waals surface area contributed by atoms with Gasteiger partial charge in [-0.2, -0.15) is 0 Å². The third kappa shape index (κ3) is 2.98. The highest BCUT2D eigenvalue weighted by Crippen LogP contribution is 2.38. The highest BCUT2D eigenvalue weighted by molar-refractivity contribution is 5.34. The monoisotopic (exact) mass is 230 g/mol. The quantitative estimate of drug-likeness (QED) is 0.578. The van der Waals surface area contributed by atoms with Crippen LogP contribution in [-0.4, -0.2) is 5.11 Å². The van der Waals surface area contributed by atoms with Gasteiger partial charge in [-0.25, -0.2) is 0 Å². The molecule has 1 aliphatic rings. The van der Waals surface area contributed by atoms with Crippen LogP contribution in [0.2, 0.25) is 0 Å². The molecule has 1 heteroatoms. The van der Waals surface area contributed by atoms with E-state index in [4.69, 9.17) is 0 Å². The topological polar surface area (TPSA) is 20.2 Å². The summed E-state index contributed by atoms with van der Waals surface area (Å²) in [6.45, 7) is 3.73. The van der Waals surface area contributed by atoms with Crippen LogP contribution < -0.4 is 0 Å². The number of aliphatic hydroxyl groups excluding tert-OH is 1. The second-order valence-electron chi connectivity index (χ2n) is 5.03. The van der Waals surface area contributed by atoms with Gasteiger partial charge >= 0.3 is 0 Å². The molecule has 0 spiro atoms. The molecule has 1 N–H and O–H groups in total. The Morgan fingerprint density at radius 3 is 2.82 bits per heavy atom. The van der Waals surface area contributed by atoms with Crippen molar-refractivity contribution in [3.8, 4) is 0 Å². The zero-order valence-electron chi connectivity index (χ0n) is 10.4. The Hall–Kier alpha value is -1.08. The lowest BCUT2D eigenvalue weighted by Crippen LogP contribution is -2.06. The average molecular weight is 230 g/mol. The smallest absolute Gasteiger partial charge is 0.0824 e. The van der Waals surface area contributed by atoms with Gasteiger partial charge in [0, 0.05) is 0 Å². The molecule has 0 aromatic heterocycles. The van der Waals surface area contributed by atoms with Crippen molar-refractivity contribution in [3.05, 3.63) is 48.0 Å². The van der Waals surface area contributed by atoms with Gasteiger partial charge in [0.25, 0.3) is 0 Å². The van der Waals surface area contributed by atoms with Crippen LogP contribution in [0.25, 0.3) is 0 Å². The number of hydrogen-bond acceptors (Lipinski definition) is 1. The fourth-order valence-electron chi connectivity index (χ4n) is 2.79. The van der Waals surface area contributed by atoms with E-state index in [0.29, 0.717) is 5.92 Å². The van der Waals surface area contributed by atoms with E-state index in [9.17, 15) is 5.11 Å². The maximum Gasteiger partial charge on any atom is 0.0824 e. The summed E-state index contributed by atoms with van der Waals surface area (Å²) in [7, 11) is 0. The third-order valence-electron chi connectivity index (χ3n) is 3.79. The molecule has 0 fully saturated rings. The first-order chi connectivity index (χ1) is 8.33. The molecule has 0 radical (unpaired) electrons. The number of aliphatic hydroxyl groups is 1. The number of unbranched alkanes of at least 4 members (excludes halogenated alkanes) is 3. The van der Waals surface area contributed by atoms with Gasteiger partial charge in [0.15, 0.2) is 0 Å². The van der Waals surface area contributed by atoms with Gasteiger partial charge in [0.1, 0.15) is 0 Å². The maximum atomic E-state index is 10.2. The van der Waals surface area contributed by atoms with E-state index >= 15 is 0 Å². The van der Waals surface area contributed by atoms with Gasteiger partial charge < -0.3 is 5.11 Å². The molecule has 17 heavy (non-hydrogen) atoms. The Morgan fingerprint density at radius 1 is 1.24 bits per heavy atom. The summed E-state index contributed by atoms with van der Waals surface area (Å²) in [5.41, 5.74) is 2.50. The molecular weight excluding hydrogens is 208 g/mol. The number of hydrogen-bond donors (Lipinski definition) is 1. The summed E-state index contributed by atoms with van der Waals surface area (Å²) in [5, 5.41) is 10.2. The summed E-state index contributed by atoms with van der Waals surface area (Å²) in [4.78, 5) is 0. The van der Waals surface area contributed by atoms with Gasteiger partial charge in [0.2, 0.25) is 0 Å². The van der Waals surface area contributed by atoms with Crippen LogP contribution in [0.4, 0.5) is 0 Å². The van der Waals surface area contributed by atoms with Crippen molar-refractivity contribution in [3.63, 3.8) is 0 Å². The minimum Gasteiger partial charge on any atom is -0.388 e. The first kappa shape index (κ1) is 12.4. The Kier molecular flexibility index (Phi) is 4.38. The molecule has 1 nitrogen and oxygen atoms in total. The summed E-state index contributed by atoms with van der Waals surface area (Å²) in [6.07, 6.45) is 8.79. The van der Waals surface area contributed by atoms with Crippen molar-refractivity contribution >= 4 is 0 Å². The standard InChI is InChI=1S/C16H22O/c1-2-3-4-5-6-10-14-12-13-9-7-8-11-15(13)16(14)17/h2,7-9,11,14,16-17H,1,3-6,10,12H2. The predicted octanol–water partition coefficient (Wildman–Crippen LogP) is 4.03. The Morgan fingerprint density at radius 2 is 2.06 bits per heavy atom. The number of fused-ring (bicyclic) bond motifs is 1. The first-order valence-electron chi connectivity index (χ1n) is 6.69.